The number of carbonyl (C=O) groups excluding carboxylic acids is 1. The molecule has 0 saturated carbocycles. The van der Waals surface area contributed by atoms with Gasteiger partial charge >= 0.3 is 11.9 Å². The summed E-state index contributed by atoms with van der Waals surface area (Å²) in [5, 5.41) is 17.8. The molecule has 1 heterocycles. The molecule has 124 valence electrons. The quantitative estimate of drug-likeness (QED) is 0.566. The highest BCUT2D eigenvalue weighted by Crippen LogP contribution is 2.36. The summed E-state index contributed by atoms with van der Waals surface area (Å²) in [5.41, 5.74) is 11.3. The van der Waals surface area contributed by atoms with Crippen LogP contribution in [0.4, 0.5) is 5.69 Å². The highest BCUT2D eigenvalue weighted by Gasteiger charge is 2.25. The van der Waals surface area contributed by atoms with Crippen molar-refractivity contribution in [3.05, 3.63) is 22.5 Å². The van der Waals surface area contributed by atoms with Crippen molar-refractivity contribution >= 4 is 23.5 Å². The van der Waals surface area contributed by atoms with Crippen LogP contribution in [0, 0.1) is 0 Å². The number of carbonyl (C=O) groups is 3. The van der Waals surface area contributed by atoms with Crippen LogP contribution in [-0.2, 0) is 40.1 Å². The van der Waals surface area contributed by atoms with E-state index in [-0.39, 0.29) is 12.5 Å². The Bertz CT molecular complexity index is 613. The fourth-order valence-electron chi connectivity index (χ4n) is 2.93. The molecule has 0 saturated heterocycles. The molecule has 2 aliphatic rings. The summed E-state index contributed by atoms with van der Waals surface area (Å²) in [6.45, 7) is 0.0475. The van der Waals surface area contributed by atoms with Crippen LogP contribution in [0.3, 0.4) is 0 Å². The Morgan fingerprint density at radius 1 is 0.957 bits per heavy atom. The van der Waals surface area contributed by atoms with Gasteiger partial charge in [-0.1, -0.05) is 0 Å². The molecule has 2 aliphatic carbocycles. The second kappa shape index (κ2) is 7.19. The lowest BCUT2D eigenvalue weighted by Crippen LogP contribution is -2.23. The van der Waals surface area contributed by atoms with Crippen molar-refractivity contribution in [2.45, 2.75) is 38.5 Å². The van der Waals surface area contributed by atoms with E-state index in [2.05, 4.69) is 5.32 Å². The number of aryl methyl sites for hydroxylation is 2. The molecule has 0 fully saturated rings. The standard InChI is InChI=1S/C13H17N3O.C2H2O4/c14-7-12(17)16-13-8-3-1-5-10(8)15-11-6-2-4-9(11)13;3-1(4)2(5)6/h1-7,14H2,(H,15,16,17);(H,3,4)(H,5,6). The van der Waals surface area contributed by atoms with Gasteiger partial charge in [0.2, 0.25) is 5.91 Å². The number of hydrogen-bond donors (Lipinski definition) is 4. The van der Waals surface area contributed by atoms with Crippen molar-refractivity contribution in [3.63, 3.8) is 0 Å². The first-order valence-corrected chi connectivity index (χ1v) is 7.43. The van der Waals surface area contributed by atoms with Crippen LogP contribution in [-0.4, -0.2) is 39.6 Å². The van der Waals surface area contributed by atoms with Gasteiger partial charge < -0.3 is 21.3 Å². The van der Waals surface area contributed by atoms with Gasteiger partial charge in [0.1, 0.15) is 0 Å². The SMILES string of the molecule is NCC(=O)Nc1c2c(nc3c1CCC3)CCC2.O=C(O)C(=O)O. The number of carboxylic acid groups (broad SMARTS) is 2. The Hall–Kier alpha value is -2.48. The summed E-state index contributed by atoms with van der Waals surface area (Å²) in [6.07, 6.45) is 6.47. The van der Waals surface area contributed by atoms with E-state index >= 15 is 0 Å². The number of pyridine rings is 1. The molecule has 8 nitrogen and oxygen atoms in total. The first-order chi connectivity index (χ1) is 10.9. The van der Waals surface area contributed by atoms with Gasteiger partial charge in [-0.2, -0.15) is 0 Å². The molecule has 1 aromatic heterocycles. The van der Waals surface area contributed by atoms with Crippen LogP contribution < -0.4 is 11.1 Å². The molecular formula is C15H19N3O5. The number of anilines is 1. The number of amides is 1. The number of carboxylic acids is 2. The number of nitrogens with two attached hydrogens (primary N) is 1. The minimum absolute atomic E-state index is 0.0475. The molecule has 1 amide bonds. The summed E-state index contributed by atoms with van der Waals surface area (Å²) in [5.74, 6) is -3.75. The zero-order valence-corrected chi connectivity index (χ0v) is 12.6. The van der Waals surface area contributed by atoms with Crippen LogP contribution in [0.15, 0.2) is 0 Å². The smallest absolute Gasteiger partial charge is 0.414 e. The fraction of sp³-hybridized carbons (Fsp3) is 0.467. The van der Waals surface area contributed by atoms with E-state index in [1.165, 1.54) is 22.5 Å². The number of hydrogen-bond acceptors (Lipinski definition) is 5. The zero-order valence-electron chi connectivity index (χ0n) is 12.6. The first kappa shape index (κ1) is 16.9. The minimum Gasteiger partial charge on any atom is -0.473 e. The minimum atomic E-state index is -1.82. The lowest BCUT2D eigenvalue weighted by Gasteiger charge is -2.14. The van der Waals surface area contributed by atoms with Gasteiger partial charge in [0.25, 0.3) is 0 Å². The van der Waals surface area contributed by atoms with Gasteiger partial charge in [-0.3, -0.25) is 9.78 Å². The van der Waals surface area contributed by atoms with Gasteiger partial charge in [-0.25, -0.2) is 9.59 Å². The Labute approximate surface area is 132 Å². The molecule has 0 radical (unpaired) electrons. The summed E-state index contributed by atoms with van der Waals surface area (Å²) < 4.78 is 0. The van der Waals surface area contributed by atoms with Crippen LogP contribution in [0.1, 0.15) is 35.4 Å². The molecule has 3 rings (SSSR count). The van der Waals surface area contributed by atoms with E-state index in [1.54, 1.807) is 0 Å². The molecule has 8 heteroatoms. The fourth-order valence-corrected chi connectivity index (χ4v) is 2.93. The van der Waals surface area contributed by atoms with Crippen LogP contribution in [0.2, 0.25) is 0 Å². The number of nitrogens with one attached hydrogen (secondary N) is 1. The average Bonchev–Trinajstić information content (AvgIpc) is 3.15. The van der Waals surface area contributed by atoms with Gasteiger partial charge in [0, 0.05) is 11.4 Å². The van der Waals surface area contributed by atoms with Crippen LogP contribution in [0.5, 0.6) is 0 Å². The summed E-state index contributed by atoms with van der Waals surface area (Å²) in [4.78, 5) is 34.5. The maximum atomic E-state index is 11.5. The molecule has 0 unspecified atom stereocenters. The second-order valence-electron chi connectivity index (χ2n) is 5.41. The van der Waals surface area contributed by atoms with E-state index in [0.29, 0.717) is 0 Å². The molecule has 0 atom stereocenters. The Morgan fingerprint density at radius 3 is 1.83 bits per heavy atom. The van der Waals surface area contributed by atoms with Crippen molar-refractivity contribution in [1.29, 1.82) is 0 Å². The highest BCUT2D eigenvalue weighted by atomic mass is 16.4. The monoisotopic (exact) mass is 321 g/mol. The van der Waals surface area contributed by atoms with Gasteiger partial charge in [0.15, 0.2) is 0 Å². The predicted octanol–water partition coefficient (Wildman–Crippen LogP) is 0.112. The first-order valence-electron chi connectivity index (χ1n) is 7.43. The molecule has 5 N–H and O–H groups in total. The van der Waals surface area contributed by atoms with E-state index in [4.69, 9.17) is 30.5 Å². The number of nitrogens with zero attached hydrogens (tertiary/aromatic N) is 1. The van der Waals surface area contributed by atoms with Crippen LogP contribution in [0.25, 0.3) is 0 Å². The summed E-state index contributed by atoms with van der Waals surface area (Å²) in [7, 11) is 0. The van der Waals surface area contributed by atoms with Crippen molar-refractivity contribution < 1.29 is 24.6 Å². The van der Waals surface area contributed by atoms with E-state index in [0.717, 1.165) is 44.2 Å². The molecule has 0 aliphatic heterocycles. The highest BCUT2D eigenvalue weighted by molar-refractivity contribution is 6.27. The zero-order chi connectivity index (χ0) is 17.0. The molecule has 0 bridgehead atoms. The number of aliphatic carboxylic acids is 2. The van der Waals surface area contributed by atoms with E-state index in [1.807, 2.05) is 0 Å². The van der Waals surface area contributed by atoms with Crippen LogP contribution >= 0.6 is 0 Å². The lowest BCUT2D eigenvalue weighted by molar-refractivity contribution is -0.159. The van der Waals surface area contributed by atoms with E-state index in [9.17, 15) is 4.79 Å². The molecule has 0 aromatic carbocycles. The number of aromatic nitrogens is 1. The third kappa shape index (κ3) is 3.84. The Balaban J connectivity index is 0.000000277. The predicted molar refractivity (Wildman–Crippen MR) is 81.2 cm³/mol. The third-order valence-electron chi connectivity index (χ3n) is 3.88. The van der Waals surface area contributed by atoms with Gasteiger partial charge in [-0.15, -0.1) is 0 Å². The largest absolute Gasteiger partial charge is 0.473 e. The summed E-state index contributed by atoms with van der Waals surface area (Å²) in [6, 6.07) is 0. The van der Waals surface area contributed by atoms with Crippen molar-refractivity contribution in [2.75, 3.05) is 11.9 Å². The number of fused-ring (bicyclic) bond motifs is 2. The van der Waals surface area contributed by atoms with Crippen molar-refractivity contribution in [3.8, 4) is 0 Å². The molecule has 23 heavy (non-hydrogen) atoms. The van der Waals surface area contributed by atoms with E-state index < -0.39 is 11.9 Å². The normalized spacial score (nSPS) is 14.3. The average molecular weight is 321 g/mol. The van der Waals surface area contributed by atoms with Gasteiger partial charge in [-0.05, 0) is 49.7 Å². The topological polar surface area (TPSA) is 143 Å². The van der Waals surface area contributed by atoms with Crippen molar-refractivity contribution in [1.82, 2.24) is 4.98 Å². The molecular weight excluding hydrogens is 302 g/mol. The number of rotatable bonds is 2. The second-order valence-corrected chi connectivity index (χ2v) is 5.41. The third-order valence-corrected chi connectivity index (χ3v) is 3.88. The molecule has 0 spiro atoms. The Kier molecular flexibility index (Phi) is 5.28. The Morgan fingerprint density at radius 2 is 1.43 bits per heavy atom. The lowest BCUT2D eigenvalue weighted by atomic mass is 10.1. The summed E-state index contributed by atoms with van der Waals surface area (Å²) >= 11 is 0. The maximum absolute atomic E-state index is 11.5. The molecule has 1 aromatic rings. The maximum Gasteiger partial charge on any atom is 0.414 e. The van der Waals surface area contributed by atoms with Gasteiger partial charge in [0.05, 0.1) is 12.2 Å². The van der Waals surface area contributed by atoms with Crippen molar-refractivity contribution in [2.24, 2.45) is 5.73 Å².